The number of benzene rings is 1. The minimum atomic E-state index is -4.79. The number of hydrogen-bond acceptors (Lipinski definition) is 2. The van der Waals surface area contributed by atoms with E-state index in [4.69, 9.17) is 0 Å². The molecule has 16 heavy (non-hydrogen) atoms. The van der Waals surface area contributed by atoms with Gasteiger partial charge in [0.15, 0.2) is 0 Å². The van der Waals surface area contributed by atoms with Gasteiger partial charge in [0.25, 0.3) is 5.91 Å². The summed E-state index contributed by atoms with van der Waals surface area (Å²) in [5.41, 5.74) is 0.402. The lowest BCUT2D eigenvalue weighted by Crippen LogP contribution is -2.24. The average molecular weight is 298 g/mol. The van der Waals surface area contributed by atoms with Gasteiger partial charge in [-0.05, 0) is 24.3 Å². The van der Waals surface area contributed by atoms with Crippen molar-refractivity contribution < 1.29 is 22.7 Å². The predicted octanol–water partition coefficient (Wildman–Crippen LogP) is 2.92. The van der Waals surface area contributed by atoms with E-state index in [9.17, 15) is 18.0 Å². The lowest BCUT2D eigenvalue weighted by Gasteiger charge is -2.08. The molecule has 0 spiro atoms. The first-order valence-electron chi connectivity index (χ1n) is 4.13. The molecule has 0 heterocycles. The fourth-order valence-electron chi connectivity index (χ4n) is 0.878. The number of rotatable bonds is 3. The SMILES string of the molecule is O=C(COC(F)(F)F)Nc1ccc(Br)cc1. The number of carbonyl (C=O) groups excluding carboxylic acids is 1. The lowest BCUT2D eigenvalue weighted by molar-refractivity contribution is -0.320. The first-order valence-corrected chi connectivity index (χ1v) is 4.92. The van der Waals surface area contributed by atoms with Crippen LogP contribution in [-0.4, -0.2) is 18.9 Å². The van der Waals surface area contributed by atoms with Crippen LogP contribution in [0, 0.1) is 0 Å². The Kier molecular flexibility index (Phi) is 4.31. The number of alkyl halides is 3. The third-order valence-electron chi connectivity index (χ3n) is 1.49. The standard InChI is InChI=1S/C9H7BrF3NO2/c10-6-1-3-7(4-2-6)14-8(15)5-16-9(11,12)13/h1-4H,5H2,(H,14,15). The van der Waals surface area contributed by atoms with E-state index in [1.165, 1.54) is 0 Å². The van der Waals surface area contributed by atoms with Crippen LogP contribution in [-0.2, 0) is 9.53 Å². The number of amides is 1. The van der Waals surface area contributed by atoms with Gasteiger partial charge >= 0.3 is 6.36 Å². The zero-order valence-electron chi connectivity index (χ0n) is 7.84. The van der Waals surface area contributed by atoms with Crippen LogP contribution in [0.3, 0.4) is 0 Å². The highest BCUT2D eigenvalue weighted by Gasteiger charge is 2.30. The van der Waals surface area contributed by atoms with Crippen LogP contribution in [0.2, 0.25) is 0 Å². The Morgan fingerprint density at radius 2 is 1.88 bits per heavy atom. The van der Waals surface area contributed by atoms with Gasteiger partial charge in [-0.25, -0.2) is 0 Å². The van der Waals surface area contributed by atoms with Gasteiger partial charge < -0.3 is 5.32 Å². The number of ether oxygens (including phenoxy) is 1. The molecule has 0 saturated carbocycles. The van der Waals surface area contributed by atoms with E-state index in [0.717, 1.165) is 4.47 Å². The van der Waals surface area contributed by atoms with Crippen LogP contribution in [0.15, 0.2) is 28.7 Å². The number of anilines is 1. The molecule has 0 aliphatic carbocycles. The first kappa shape index (κ1) is 13.0. The Hall–Kier alpha value is -1.08. The van der Waals surface area contributed by atoms with E-state index in [-0.39, 0.29) is 0 Å². The van der Waals surface area contributed by atoms with Crippen LogP contribution in [0.5, 0.6) is 0 Å². The van der Waals surface area contributed by atoms with Gasteiger partial charge in [-0.2, -0.15) is 0 Å². The van der Waals surface area contributed by atoms with Crippen molar-refractivity contribution in [3.63, 3.8) is 0 Å². The van der Waals surface area contributed by atoms with Gasteiger partial charge in [0, 0.05) is 10.2 Å². The fraction of sp³-hybridized carbons (Fsp3) is 0.222. The second-order valence-corrected chi connectivity index (χ2v) is 3.71. The molecular formula is C9H7BrF3NO2. The number of carbonyl (C=O) groups is 1. The molecule has 0 unspecified atom stereocenters. The zero-order valence-corrected chi connectivity index (χ0v) is 9.43. The Morgan fingerprint density at radius 3 is 2.38 bits per heavy atom. The normalized spacial score (nSPS) is 11.2. The van der Waals surface area contributed by atoms with Crippen molar-refractivity contribution >= 4 is 27.5 Å². The second kappa shape index (κ2) is 5.31. The molecular weight excluding hydrogens is 291 g/mol. The van der Waals surface area contributed by atoms with Crippen LogP contribution >= 0.6 is 15.9 Å². The summed E-state index contributed by atoms with van der Waals surface area (Å²) in [6.07, 6.45) is -4.79. The van der Waals surface area contributed by atoms with Gasteiger partial charge in [-0.3, -0.25) is 9.53 Å². The van der Waals surface area contributed by atoms with Crippen LogP contribution in [0.1, 0.15) is 0 Å². The number of halogens is 4. The Morgan fingerprint density at radius 1 is 1.31 bits per heavy atom. The van der Waals surface area contributed by atoms with E-state index in [0.29, 0.717) is 5.69 Å². The highest BCUT2D eigenvalue weighted by Crippen LogP contribution is 2.17. The van der Waals surface area contributed by atoms with E-state index < -0.39 is 18.9 Å². The molecule has 0 aromatic heterocycles. The summed E-state index contributed by atoms with van der Waals surface area (Å²) in [5, 5.41) is 2.26. The summed E-state index contributed by atoms with van der Waals surface area (Å²) in [6, 6.07) is 6.41. The van der Waals surface area contributed by atoms with Gasteiger partial charge in [-0.15, -0.1) is 13.2 Å². The zero-order chi connectivity index (χ0) is 12.2. The molecule has 0 aliphatic rings. The highest BCUT2D eigenvalue weighted by molar-refractivity contribution is 9.10. The highest BCUT2D eigenvalue weighted by atomic mass is 79.9. The molecule has 1 aromatic carbocycles. The summed E-state index contributed by atoms with van der Waals surface area (Å²) in [5.74, 6) is -0.861. The topological polar surface area (TPSA) is 38.3 Å². The molecule has 0 aliphatic heterocycles. The van der Waals surface area contributed by atoms with Crippen molar-refractivity contribution in [1.29, 1.82) is 0 Å². The summed E-state index contributed by atoms with van der Waals surface area (Å²) in [4.78, 5) is 11.0. The first-order chi connectivity index (χ1) is 7.37. The molecule has 0 fully saturated rings. The molecule has 7 heteroatoms. The van der Waals surface area contributed by atoms with Crippen molar-refractivity contribution in [2.75, 3.05) is 11.9 Å². The van der Waals surface area contributed by atoms with Crippen molar-refractivity contribution in [1.82, 2.24) is 0 Å². The number of nitrogens with one attached hydrogen (secondary N) is 1. The lowest BCUT2D eigenvalue weighted by atomic mass is 10.3. The van der Waals surface area contributed by atoms with E-state index in [2.05, 4.69) is 26.0 Å². The smallest absolute Gasteiger partial charge is 0.324 e. The summed E-state index contributed by atoms with van der Waals surface area (Å²) in [7, 11) is 0. The van der Waals surface area contributed by atoms with Crippen molar-refractivity contribution in [3.8, 4) is 0 Å². The number of hydrogen-bond donors (Lipinski definition) is 1. The van der Waals surface area contributed by atoms with Crippen molar-refractivity contribution in [2.24, 2.45) is 0 Å². The molecule has 1 N–H and O–H groups in total. The summed E-state index contributed by atoms with van der Waals surface area (Å²) >= 11 is 3.18. The second-order valence-electron chi connectivity index (χ2n) is 2.79. The minimum absolute atomic E-state index is 0.402. The van der Waals surface area contributed by atoms with Gasteiger partial charge in [0.1, 0.15) is 6.61 Å². The van der Waals surface area contributed by atoms with Crippen LogP contribution < -0.4 is 5.32 Å². The fourth-order valence-corrected chi connectivity index (χ4v) is 1.14. The van der Waals surface area contributed by atoms with Gasteiger partial charge in [-0.1, -0.05) is 15.9 Å². The Labute approximate surface area is 97.7 Å². The van der Waals surface area contributed by atoms with E-state index in [1.54, 1.807) is 24.3 Å². The van der Waals surface area contributed by atoms with Crippen LogP contribution in [0.25, 0.3) is 0 Å². The summed E-state index contributed by atoms with van der Waals surface area (Å²) < 4.78 is 39.0. The van der Waals surface area contributed by atoms with Gasteiger partial charge in [0.05, 0.1) is 0 Å². The third-order valence-corrected chi connectivity index (χ3v) is 2.02. The largest absolute Gasteiger partial charge is 0.523 e. The maximum atomic E-state index is 11.6. The molecule has 88 valence electrons. The maximum absolute atomic E-state index is 11.6. The Balaban J connectivity index is 2.43. The van der Waals surface area contributed by atoms with Crippen molar-refractivity contribution in [3.05, 3.63) is 28.7 Å². The van der Waals surface area contributed by atoms with Crippen LogP contribution in [0.4, 0.5) is 18.9 Å². The average Bonchev–Trinajstić information content (AvgIpc) is 2.18. The molecule has 0 atom stereocenters. The minimum Gasteiger partial charge on any atom is -0.324 e. The predicted molar refractivity (Wildman–Crippen MR) is 54.8 cm³/mol. The third kappa shape index (κ3) is 5.13. The summed E-state index contributed by atoms with van der Waals surface area (Å²) in [6.45, 7) is -1.06. The molecule has 0 radical (unpaired) electrons. The quantitative estimate of drug-likeness (QED) is 0.931. The molecule has 3 nitrogen and oxygen atoms in total. The van der Waals surface area contributed by atoms with Crippen molar-refractivity contribution in [2.45, 2.75) is 6.36 Å². The van der Waals surface area contributed by atoms with Gasteiger partial charge in [0.2, 0.25) is 0 Å². The monoisotopic (exact) mass is 297 g/mol. The Bertz CT molecular complexity index is 364. The molecule has 1 amide bonds. The van der Waals surface area contributed by atoms with E-state index in [1.807, 2.05) is 0 Å². The molecule has 0 saturated heterocycles. The molecule has 1 rings (SSSR count). The molecule has 0 bridgehead atoms. The van der Waals surface area contributed by atoms with E-state index >= 15 is 0 Å². The maximum Gasteiger partial charge on any atom is 0.523 e. The molecule has 1 aromatic rings.